The number of piperidine rings is 1. The van der Waals surface area contributed by atoms with E-state index in [9.17, 15) is 4.79 Å². The highest BCUT2D eigenvalue weighted by Gasteiger charge is 2.22. The van der Waals surface area contributed by atoms with E-state index in [4.69, 9.17) is 4.74 Å². The quantitative estimate of drug-likeness (QED) is 0.679. The first-order valence-electron chi connectivity index (χ1n) is 8.80. The van der Waals surface area contributed by atoms with Crippen LogP contribution in [0, 0.1) is 0 Å². The number of benzene rings is 1. The van der Waals surface area contributed by atoms with Crippen molar-refractivity contribution in [3.8, 4) is 5.75 Å². The van der Waals surface area contributed by atoms with Gasteiger partial charge in [0.2, 0.25) is 5.91 Å². The Labute approximate surface area is 170 Å². The van der Waals surface area contributed by atoms with Crippen LogP contribution in [0.3, 0.4) is 0 Å². The smallest absolute Gasteiger partial charge is 0.230 e. The number of rotatable bonds is 7. The lowest BCUT2D eigenvalue weighted by atomic mass is 9.99. The number of nitrogens with zero attached hydrogens (tertiary/aromatic N) is 3. The van der Waals surface area contributed by atoms with Gasteiger partial charge in [-0.25, -0.2) is 0 Å². The molecule has 1 aliphatic rings. The van der Waals surface area contributed by atoms with Gasteiger partial charge in [0.25, 0.3) is 0 Å². The summed E-state index contributed by atoms with van der Waals surface area (Å²) >= 11 is 1.41. The molecular formula is C18H26ClN5O2S. The minimum absolute atomic E-state index is 0. The minimum Gasteiger partial charge on any atom is -0.496 e. The molecule has 1 atom stereocenters. The maximum Gasteiger partial charge on any atom is 0.230 e. The number of amides is 1. The van der Waals surface area contributed by atoms with Crippen LogP contribution in [0.15, 0.2) is 29.4 Å². The molecule has 3 rings (SSSR count). The molecule has 0 aliphatic carbocycles. The van der Waals surface area contributed by atoms with Crippen molar-refractivity contribution in [3.05, 3.63) is 35.7 Å². The summed E-state index contributed by atoms with van der Waals surface area (Å²) in [7, 11) is 3.60. The summed E-state index contributed by atoms with van der Waals surface area (Å²) in [5.41, 5.74) is 0.957. The maximum absolute atomic E-state index is 12.2. The normalized spacial score (nSPS) is 16.4. The molecule has 1 saturated heterocycles. The molecule has 0 radical (unpaired) electrons. The van der Waals surface area contributed by atoms with Crippen molar-refractivity contribution >= 4 is 30.1 Å². The number of aromatic nitrogens is 3. The summed E-state index contributed by atoms with van der Waals surface area (Å²) < 4.78 is 7.31. The second-order valence-electron chi connectivity index (χ2n) is 6.32. The van der Waals surface area contributed by atoms with E-state index in [-0.39, 0.29) is 18.3 Å². The number of hydrogen-bond acceptors (Lipinski definition) is 6. The second-order valence-corrected chi connectivity index (χ2v) is 7.26. The van der Waals surface area contributed by atoms with Gasteiger partial charge in [-0.2, -0.15) is 0 Å². The van der Waals surface area contributed by atoms with Crippen molar-refractivity contribution < 1.29 is 9.53 Å². The first-order valence-corrected chi connectivity index (χ1v) is 9.79. The Morgan fingerprint density at radius 2 is 2.22 bits per heavy atom. The van der Waals surface area contributed by atoms with Crippen LogP contribution in [0.5, 0.6) is 5.75 Å². The van der Waals surface area contributed by atoms with Crippen LogP contribution in [-0.4, -0.2) is 46.6 Å². The lowest BCUT2D eigenvalue weighted by molar-refractivity contribution is -0.118. The zero-order valence-electron chi connectivity index (χ0n) is 15.6. The van der Waals surface area contributed by atoms with Gasteiger partial charge in [-0.3, -0.25) is 4.79 Å². The molecule has 1 aromatic heterocycles. The Hall–Kier alpha value is -1.77. The van der Waals surface area contributed by atoms with Gasteiger partial charge in [0.15, 0.2) is 5.16 Å². The van der Waals surface area contributed by atoms with Crippen molar-refractivity contribution in [2.75, 3.05) is 26.0 Å². The summed E-state index contributed by atoms with van der Waals surface area (Å²) in [5, 5.41) is 15.7. The number of para-hydroxylation sites is 1. The molecule has 1 fully saturated rings. The highest BCUT2D eigenvalue weighted by molar-refractivity contribution is 7.99. The Morgan fingerprint density at radius 1 is 1.41 bits per heavy atom. The molecule has 1 amide bonds. The van der Waals surface area contributed by atoms with E-state index in [2.05, 4.69) is 20.8 Å². The largest absolute Gasteiger partial charge is 0.496 e. The molecule has 27 heavy (non-hydrogen) atoms. The van der Waals surface area contributed by atoms with Gasteiger partial charge in [-0.1, -0.05) is 30.0 Å². The van der Waals surface area contributed by atoms with E-state index >= 15 is 0 Å². The number of carbonyl (C=O) groups is 1. The first-order chi connectivity index (χ1) is 12.7. The molecule has 0 bridgehead atoms. The van der Waals surface area contributed by atoms with E-state index in [1.54, 1.807) is 7.11 Å². The highest BCUT2D eigenvalue weighted by atomic mass is 35.5. The molecule has 2 heterocycles. The van der Waals surface area contributed by atoms with Gasteiger partial charge in [-0.15, -0.1) is 22.6 Å². The molecule has 9 heteroatoms. The van der Waals surface area contributed by atoms with Crippen LogP contribution in [0.4, 0.5) is 0 Å². The summed E-state index contributed by atoms with van der Waals surface area (Å²) in [6.07, 6.45) is 2.29. The number of ether oxygens (including phenoxy) is 1. The predicted molar refractivity (Wildman–Crippen MR) is 109 cm³/mol. The number of halogens is 1. The van der Waals surface area contributed by atoms with Crippen LogP contribution >= 0.6 is 24.2 Å². The Bertz CT molecular complexity index is 749. The molecule has 1 unspecified atom stereocenters. The van der Waals surface area contributed by atoms with Gasteiger partial charge in [0.05, 0.1) is 12.9 Å². The van der Waals surface area contributed by atoms with Crippen molar-refractivity contribution in [3.63, 3.8) is 0 Å². The monoisotopic (exact) mass is 411 g/mol. The number of nitrogens with one attached hydrogen (secondary N) is 2. The average Bonchev–Trinajstić information content (AvgIpc) is 3.06. The molecule has 148 valence electrons. The van der Waals surface area contributed by atoms with Crippen molar-refractivity contribution in [2.24, 2.45) is 7.05 Å². The molecule has 2 aromatic rings. The number of thioether (sulfide) groups is 1. The lowest BCUT2D eigenvalue weighted by Crippen LogP contribution is -2.29. The maximum atomic E-state index is 12.2. The van der Waals surface area contributed by atoms with Crippen LogP contribution in [0.2, 0.25) is 0 Å². The minimum atomic E-state index is -0.0372. The predicted octanol–water partition coefficient (Wildman–Crippen LogP) is 2.12. The Balaban J connectivity index is 0.00000261. The highest BCUT2D eigenvalue weighted by Crippen LogP contribution is 2.24. The fraction of sp³-hybridized carbons (Fsp3) is 0.500. The van der Waals surface area contributed by atoms with Crippen LogP contribution in [0.1, 0.15) is 30.1 Å². The van der Waals surface area contributed by atoms with Gasteiger partial charge < -0.3 is 19.9 Å². The molecule has 0 saturated carbocycles. The van der Waals surface area contributed by atoms with Gasteiger partial charge in [0, 0.05) is 31.6 Å². The van der Waals surface area contributed by atoms with Gasteiger partial charge in [0.1, 0.15) is 11.6 Å². The standard InChI is InChI=1S/C18H25N5O2S.ClH/c1-23-17(14-7-5-9-19-10-14)21-22-18(23)26-12-16(24)20-11-13-6-3-4-8-15(13)25-2;/h3-4,6,8,14,19H,5,7,9-12H2,1-2H3,(H,20,24);1H. The lowest BCUT2D eigenvalue weighted by Gasteiger charge is -2.21. The molecule has 0 spiro atoms. The Morgan fingerprint density at radius 3 is 2.96 bits per heavy atom. The van der Waals surface area contributed by atoms with Gasteiger partial charge in [-0.05, 0) is 25.5 Å². The van der Waals surface area contributed by atoms with Crippen molar-refractivity contribution in [2.45, 2.75) is 30.5 Å². The van der Waals surface area contributed by atoms with E-state index in [0.717, 1.165) is 48.2 Å². The fourth-order valence-corrected chi connectivity index (χ4v) is 3.85. The van der Waals surface area contributed by atoms with Crippen LogP contribution in [0.25, 0.3) is 0 Å². The molecule has 2 N–H and O–H groups in total. The van der Waals surface area contributed by atoms with E-state index in [1.165, 1.54) is 11.8 Å². The first kappa shape index (κ1) is 21.5. The molecule has 7 nitrogen and oxygen atoms in total. The SMILES string of the molecule is COc1ccccc1CNC(=O)CSc1nnc(C2CCCNC2)n1C.Cl. The number of methoxy groups -OCH3 is 1. The summed E-state index contributed by atoms with van der Waals surface area (Å²) in [6.45, 7) is 2.46. The molecule has 1 aromatic carbocycles. The third kappa shape index (κ3) is 5.60. The Kier molecular flexibility index (Phi) is 8.40. The zero-order chi connectivity index (χ0) is 18.4. The van der Waals surface area contributed by atoms with Crippen molar-refractivity contribution in [1.82, 2.24) is 25.4 Å². The second kappa shape index (κ2) is 10.5. The van der Waals surface area contributed by atoms with Crippen LogP contribution < -0.4 is 15.4 Å². The molecule has 1 aliphatic heterocycles. The third-order valence-corrected chi connectivity index (χ3v) is 5.55. The summed E-state index contributed by atoms with van der Waals surface area (Å²) in [5.74, 6) is 2.44. The zero-order valence-corrected chi connectivity index (χ0v) is 17.2. The van der Waals surface area contributed by atoms with Crippen LogP contribution in [-0.2, 0) is 18.4 Å². The van der Waals surface area contributed by atoms with E-state index in [0.29, 0.717) is 18.2 Å². The molecular weight excluding hydrogens is 386 g/mol. The van der Waals surface area contributed by atoms with E-state index < -0.39 is 0 Å². The topological polar surface area (TPSA) is 81.1 Å². The summed E-state index contributed by atoms with van der Waals surface area (Å²) in [6, 6.07) is 7.67. The van der Waals surface area contributed by atoms with Gasteiger partial charge >= 0.3 is 0 Å². The fourth-order valence-electron chi connectivity index (χ4n) is 3.10. The third-order valence-electron chi connectivity index (χ3n) is 4.53. The number of carbonyl (C=O) groups excluding carboxylic acids is 1. The van der Waals surface area contributed by atoms with E-state index in [1.807, 2.05) is 35.9 Å². The number of hydrogen-bond donors (Lipinski definition) is 2. The van der Waals surface area contributed by atoms with Crippen molar-refractivity contribution in [1.29, 1.82) is 0 Å². The summed E-state index contributed by atoms with van der Waals surface area (Å²) in [4.78, 5) is 12.2. The average molecular weight is 412 g/mol.